The van der Waals surface area contributed by atoms with Gasteiger partial charge in [0, 0.05) is 25.5 Å². The molecule has 0 fully saturated rings. The summed E-state index contributed by atoms with van der Waals surface area (Å²) >= 11 is 0. The van der Waals surface area contributed by atoms with Crippen LogP contribution in [0.2, 0.25) is 0 Å². The second-order valence-electron chi connectivity index (χ2n) is 5.74. The van der Waals surface area contributed by atoms with Crippen LogP contribution < -0.4 is 10.6 Å². The first-order valence-corrected chi connectivity index (χ1v) is 7.82. The number of carbonyl (C=O) groups excluding carboxylic acids is 2. The van der Waals surface area contributed by atoms with Crippen LogP contribution in [-0.4, -0.2) is 37.9 Å². The summed E-state index contributed by atoms with van der Waals surface area (Å²) in [5.74, 6) is -0.999. The van der Waals surface area contributed by atoms with E-state index in [-0.39, 0.29) is 23.0 Å². The minimum absolute atomic E-state index is 0.0268. The highest BCUT2D eigenvalue weighted by Gasteiger charge is 2.22. The van der Waals surface area contributed by atoms with Gasteiger partial charge in [-0.3, -0.25) is 14.3 Å². The van der Waals surface area contributed by atoms with E-state index in [0.29, 0.717) is 17.8 Å². The lowest BCUT2D eigenvalue weighted by atomic mass is 10.2. The van der Waals surface area contributed by atoms with Crippen LogP contribution in [0.5, 0.6) is 0 Å². The Balaban J connectivity index is 2.23. The number of anilines is 1. The Morgan fingerprint density at radius 1 is 1.28 bits per heavy atom. The van der Waals surface area contributed by atoms with Gasteiger partial charge >= 0.3 is 6.55 Å². The summed E-state index contributed by atoms with van der Waals surface area (Å²) in [5.41, 5.74) is -0.137. The molecule has 2 aromatic rings. The molecular formula is C15H20F2N6O2. The number of carbonyl (C=O) groups is 2. The Kier molecular flexibility index (Phi) is 5.84. The van der Waals surface area contributed by atoms with Gasteiger partial charge in [0.25, 0.3) is 11.8 Å². The number of nitrogens with zero attached hydrogens (tertiary/aromatic N) is 4. The molecule has 25 heavy (non-hydrogen) atoms. The average molecular weight is 354 g/mol. The van der Waals surface area contributed by atoms with Crippen molar-refractivity contribution in [3.8, 4) is 0 Å². The fraction of sp³-hybridized carbons (Fsp3) is 0.467. The molecule has 2 aromatic heterocycles. The van der Waals surface area contributed by atoms with Crippen LogP contribution in [-0.2, 0) is 6.54 Å². The average Bonchev–Trinajstić information content (AvgIpc) is 3.19. The lowest BCUT2D eigenvalue weighted by Gasteiger charge is -2.09. The fourth-order valence-corrected chi connectivity index (χ4v) is 2.06. The molecule has 8 nitrogen and oxygen atoms in total. The number of aromatic nitrogens is 4. The normalized spacial score (nSPS) is 11.2. The molecule has 0 aromatic carbocycles. The standard InChI is InChI=1S/C15H20F2N6O2/c1-4-22-8-10(12(21-22)14(25)18-7-9(2)3)20-13(24)11-5-6-19-23(11)15(16)17/h5-6,8-9,15H,4,7H2,1-3H3,(H,18,25)(H,20,24). The molecule has 0 aliphatic heterocycles. The molecular weight excluding hydrogens is 334 g/mol. The third-order valence-corrected chi connectivity index (χ3v) is 3.31. The van der Waals surface area contributed by atoms with Gasteiger partial charge < -0.3 is 10.6 Å². The minimum atomic E-state index is -2.94. The molecule has 0 aliphatic rings. The lowest BCUT2D eigenvalue weighted by Crippen LogP contribution is -2.29. The highest BCUT2D eigenvalue weighted by atomic mass is 19.3. The van der Waals surface area contributed by atoms with Crippen molar-refractivity contribution in [3.63, 3.8) is 0 Å². The molecule has 2 N–H and O–H groups in total. The molecule has 2 amide bonds. The zero-order valence-electron chi connectivity index (χ0n) is 14.2. The number of nitrogens with one attached hydrogen (secondary N) is 2. The predicted octanol–water partition coefficient (Wildman–Crippen LogP) is 2.13. The van der Waals surface area contributed by atoms with Crippen molar-refractivity contribution in [3.05, 3.63) is 29.8 Å². The van der Waals surface area contributed by atoms with Crippen LogP contribution in [0.4, 0.5) is 14.5 Å². The van der Waals surface area contributed by atoms with E-state index in [2.05, 4.69) is 20.8 Å². The first kappa shape index (κ1) is 18.6. The maximum atomic E-state index is 12.8. The quantitative estimate of drug-likeness (QED) is 0.796. The Labute approximate surface area is 143 Å². The molecule has 0 spiro atoms. The Morgan fingerprint density at radius 2 is 2.00 bits per heavy atom. The van der Waals surface area contributed by atoms with Gasteiger partial charge in [0.05, 0.1) is 5.69 Å². The van der Waals surface area contributed by atoms with Crippen LogP contribution in [0.1, 0.15) is 48.3 Å². The van der Waals surface area contributed by atoms with Gasteiger partial charge in [-0.1, -0.05) is 13.8 Å². The van der Waals surface area contributed by atoms with Crippen molar-refractivity contribution in [1.29, 1.82) is 0 Å². The fourth-order valence-electron chi connectivity index (χ4n) is 2.06. The molecule has 10 heteroatoms. The van der Waals surface area contributed by atoms with E-state index in [1.165, 1.54) is 16.9 Å². The molecule has 0 saturated carbocycles. The van der Waals surface area contributed by atoms with Gasteiger partial charge in [-0.05, 0) is 18.9 Å². The Morgan fingerprint density at radius 3 is 2.60 bits per heavy atom. The molecule has 0 radical (unpaired) electrons. The molecule has 0 unspecified atom stereocenters. The Hall–Kier alpha value is -2.78. The highest BCUT2D eigenvalue weighted by molar-refractivity contribution is 6.07. The maximum absolute atomic E-state index is 12.8. The topological polar surface area (TPSA) is 93.8 Å². The summed E-state index contributed by atoms with van der Waals surface area (Å²) < 4.78 is 27.5. The zero-order valence-corrected chi connectivity index (χ0v) is 14.2. The van der Waals surface area contributed by atoms with Crippen molar-refractivity contribution < 1.29 is 18.4 Å². The smallest absolute Gasteiger partial charge is 0.333 e. The molecule has 2 heterocycles. The number of amides is 2. The number of aryl methyl sites for hydroxylation is 1. The largest absolute Gasteiger partial charge is 0.350 e. The monoisotopic (exact) mass is 354 g/mol. The van der Waals surface area contributed by atoms with Crippen LogP contribution >= 0.6 is 0 Å². The Bertz CT molecular complexity index is 753. The molecule has 0 atom stereocenters. The summed E-state index contributed by atoms with van der Waals surface area (Å²) in [6.45, 7) is 3.69. The van der Waals surface area contributed by atoms with Crippen molar-refractivity contribution in [1.82, 2.24) is 24.9 Å². The second-order valence-corrected chi connectivity index (χ2v) is 5.74. The summed E-state index contributed by atoms with van der Waals surface area (Å²) in [5, 5.41) is 12.7. The molecule has 0 saturated heterocycles. The van der Waals surface area contributed by atoms with Gasteiger partial charge in [-0.15, -0.1) is 0 Å². The summed E-state index contributed by atoms with van der Waals surface area (Å²) in [4.78, 5) is 24.5. The van der Waals surface area contributed by atoms with Crippen LogP contribution in [0, 0.1) is 5.92 Å². The second kappa shape index (κ2) is 7.86. The number of rotatable bonds is 7. The van der Waals surface area contributed by atoms with Crippen molar-refractivity contribution >= 4 is 17.5 Å². The first-order chi connectivity index (χ1) is 11.8. The molecule has 136 valence electrons. The van der Waals surface area contributed by atoms with Crippen molar-refractivity contribution in [2.24, 2.45) is 5.92 Å². The van der Waals surface area contributed by atoms with E-state index >= 15 is 0 Å². The summed E-state index contributed by atoms with van der Waals surface area (Å²) in [7, 11) is 0. The highest BCUT2D eigenvalue weighted by Crippen LogP contribution is 2.17. The van der Waals surface area contributed by atoms with Crippen LogP contribution in [0.15, 0.2) is 18.5 Å². The number of alkyl halides is 2. The first-order valence-electron chi connectivity index (χ1n) is 7.82. The van der Waals surface area contributed by atoms with Gasteiger partial charge in [0.1, 0.15) is 5.69 Å². The summed E-state index contributed by atoms with van der Waals surface area (Å²) in [6.07, 6.45) is 2.58. The van der Waals surface area contributed by atoms with Gasteiger partial charge in [0.2, 0.25) is 0 Å². The lowest BCUT2D eigenvalue weighted by molar-refractivity contribution is 0.0520. The summed E-state index contributed by atoms with van der Waals surface area (Å²) in [6, 6.07) is 1.17. The van der Waals surface area contributed by atoms with E-state index in [9.17, 15) is 18.4 Å². The van der Waals surface area contributed by atoms with Crippen molar-refractivity contribution in [2.45, 2.75) is 33.9 Å². The SMILES string of the molecule is CCn1cc(NC(=O)c2ccnn2C(F)F)c(C(=O)NCC(C)C)n1. The molecule has 2 rings (SSSR count). The third-order valence-electron chi connectivity index (χ3n) is 3.31. The third kappa shape index (κ3) is 4.40. The van der Waals surface area contributed by atoms with Gasteiger partial charge in [-0.2, -0.15) is 23.7 Å². The van der Waals surface area contributed by atoms with E-state index in [4.69, 9.17) is 0 Å². The van der Waals surface area contributed by atoms with Gasteiger partial charge in [-0.25, -0.2) is 0 Å². The number of halogens is 2. The van der Waals surface area contributed by atoms with Crippen LogP contribution in [0.3, 0.4) is 0 Å². The van der Waals surface area contributed by atoms with Crippen LogP contribution in [0.25, 0.3) is 0 Å². The van der Waals surface area contributed by atoms with Crippen molar-refractivity contribution in [2.75, 3.05) is 11.9 Å². The van der Waals surface area contributed by atoms with E-state index < -0.39 is 18.4 Å². The van der Waals surface area contributed by atoms with Gasteiger partial charge in [0.15, 0.2) is 5.69 Å². The predicted molar refractivity (Wildman–Crippen MR) is 86.5 cm³/mol. The number of hydrogen-bond donors (Lipinski definition) is 2. The molecule has 0 aliphatic carbocycles. The maximum Gasteiger partial charge on any atom is 0.333 e. The minimum Gasteiger partial charge on any atom is -0.350 e. The van der Waals surface area contributed by atoms with E-state index in [1.54, 1.807) is 0 Å². The number of hydrogen-bond acceptors (Lipinski definition) is 4. The molecule has 0 bridgehead atoms. The zero-order chi connectivity index (χ0) is 18.6. The van der Waals surface area contributed by atoms with E-state index in [1.807, 2.05) is 20.8 Å². The van der Waals surface area contributed by atoms with E-state index in [0.717, 1.165) is 6.20 Å².